The predicted octanol–water partition coefficient (Wildman–Crippen LogP) is 4.85. The Morgan fingerprint density at radius 3 is 2.42 bits per heavy atom. The van der Waals surface area contributed by atoms with E-state index >= 15 is 0 Å². The molecule has 0 atom stereocenters. The molecule has 2 aromatic rings. The van der Waals surface area contributed by atoms with E-state index in [1.165, 1.54) is 5.56 Å². The van der Waals surface area contributed by atoms with Crippen LogP contribution in [0.1, 0.15) is 42.3 Å². The van der Waals surface area contributed by atoms with Gasteiger partial charge in [0.1, 0.15) is 6.07 Å². The van der Waals surface area contributed by atoms with Crippen LogP contribution in [0.25, 0.3) is 5.69 Å². The maximum atomic E-state index is 9.15. The topological polar surface area (TPSA) is 28.7 Å². The van der Waals surface area contributed by atoms with E-state index in [2.05, 4.69) is 52.5 Å². The Balaban J connectivity index is 2.73. The summed E-state index contributed by atoms with van der Waals surface area (Å²) in [5, 5.41) is 9.15. The van der Waals surface area contributed by atoms with Crippen molar-refractivity contribution < 1.29 is 0 Å². The molecule has 0 radical (unpaired) electrons. The number of benzene rings is 1. The number of nitrogens with zero attached hydrogens (tertiary/aromatic N) is 2. The first-order valence-corrected chi connectivity index (χ1v) is 7.14. The van der Waals surface area contributed by atoms with E-state index in [0.29, 0.717) is 5.92 Å². The molecule has 19 heavy (non-hydrogen) atoms. The van der Waals surface area contributed by atoms with Crippen molar-refractivity contribution in [2.45, 2.75) is 33.6 Å². The minimum Gasteiger partial charge on any atom is -0.317 e. The molecule has 2 nitrogen and oxygen atoms in total. The minimum absolute atomic E-state index is 0.430. The Bertz CT molecular complexity index is 660. The lowest BCUT2D eigenvalue weighted by Crippen LogP contribution is -2.04. The summed E-state index contributed by atoms with van der Waals surface area (Å²) in [7, 11) is 0. The van der Waals surface area contributed by atoms with Gasteiger partial charge in [0.05, 0.1) is 5.56 Å². The van der Waals surface area contributed by atoms with Crippen molar-refractivity contribution in [3.63, 3.8) is 0 Å². The lowest BCUT2D eigenvalue weighted by molar-refractivity contribution is 0.834. The highest BCUT2D eigenvalue weighted by Crippen LogP contribution is 2.30. The van der Waals surface area contributed by atoms with E-state index in [0.717, 1.165) is 27.1 Å². The minimum atomic E-state index is 0.430. The summed E-state index contributed by atoms with van der Waals surface area (Å²) in [5.41, 5.74) is 5.29. The summed E-state index contributed by atoms with van der Waals surface area (Å²) >= 11 is 3.53. The van der Waals surface area contributed by atoms with Gasteiger partial charge in [-0.2, -0.15) is 5.26 Å². The van der Waals surface area contributed by atoms with Crippen LogP contribution in [0.4, 0.5) is 0 Å². The van der Waals surface area contributed by atoms with E-state index in [1.807, 2.05) is 26.0 Å². The Hall–Kier alpha value is -1.53. The molecule has 0 saturated heterocycles. The van der Waals surface area contributed by atoms with Crippen molar-refractivity contribution in [3.8, 4) is 11.8 Å². The van der Waals surface area contributed by atoms with Gasteiger partial charge in [-0.3, -0.25) is 0 Å². The highest BCUT2D eigenvalue weighted by atomic mass is 79.9. The number of hydrogen-bond acceptors (Lipinski definition) is 1. The van der Waals surface area contributed by atoms with Crippen molar-refractivity contribution in [1.82, 2.24) is 4.57 Å². The highest BCUT2D eigenvalue weighted by Gasteiger charge is 2.15. The van der Waals surface area contributed by atoms with Gasteiger partial charge in [-0.05, 0) is 49.6 Å². The molecule has 98 valence electrons. The summed E-state index contributed by atoms with van der Waals surface area (Å²) in [6.45, 7) is 8.41. The number of aromatic nitrogens is 1. The largest absolute Gasteiger partial charge is 0.317 e. The van der Waals surface area contributed by atoms with Gasteiger partial charge in [0, 0.05) is 21.5 Å². The molecule has 1 aromatic heterocycles. The second-order valence-corrected chi connectivity index (χ2v) is 6.01. The number of rotatable bonds is 2. The summed E-state index contributed by atoms with van der Waals surface area (Å²) in [4.78, 5) is 0. The van der Waals surface area contributed by atoms with Gasteiger partial charge in [-0.25, -0.2) is 0 Å². The molecule has 0 saturated carbocycles. The zero-order valence-corrected chi connectivity index (χ0v) is 13.2. The quantitative estimate of drug-likeness (QED) is 0.778. The Morgan fingerprint density at radius 2 is 1.89 bits per heavy atom. The van der Waals surface area contributed by atoms with Crippen LogP contribution in [0.2, 0.25) is 0 Å². The number of nitriles is 1. The van der Waals surface area contributed by atoms with E-state index < -0.39 is 0 Å². The molecule has 0 spiro atoms. The van der Waals surface area contributed by atoms with Gasteiger partial charge in [0.2, 0.25) is 0 Å². The lowest BCUT2D eigenvalue weighted by Gasteiger charge is -2.17. The molecule has 3 heteroatoms. The van der Waals surface area contributed by atoms with E-state index in [1.54, 1.807) is 0 Å². The maximum Gasteiger partial charge on any atom is 0.101 e. The third kappa shape index (κ3) is 2.46. The zero-order valence-electron chi connectivity index (χ0n) is 11.7. The van der Waals surface area contributed by atoms with E-state index in [9.17, 15) is 0 Å². The van der Waals surface area contributed by atoms with Crippen molar-refractivity contribution in [1.29, 1.82) is 5.26 Å². The average molecular weight is 317 g/mol. The molecule has 0 aliphatic rings. The standard InChI is InChI=1S/C16H17BrN2/c1-10(2)15-8-14(17)5-6-16(15)19-11(3)7-13(9-18)12(19)4/h5-8,10H,1-4H3. The SMILES string of the molecule is Cc1cc(C#N)c(C)n1-c1ccc(Br)cc1C(C)C. The fraction of sp³-hybridized carbons (Fsp3) is 0.312. The first kappa shape index (κ1) is 13.9. The number of halogens is 1. The number of hydrogen-bond donors (Lipinski definition) is 0. The average Bonchev–Trinajstić information content (AvgIpc) is 2.64. The lowest BCUT2D eigenvalue weighted by atomic mass is 10.0. The van der Waals surface area contributed by atoms with Crippen LogP contribution in [0.3, 0.4) is 0 Å². The van der Waals surface area contributed by atoms with Crippen LogP contribution in [0.5, 0.6) is 0 Å². The summed E-state index contributed by atoms with van der Waals surface area (Å²) in [5.74, 6) is 0.430. The van der Waals surface area contributed by atoms with Crippen molar-refractivity contribution >= 4 is 15.9 Å². The molecule has 0 aliphatic carbocycles. The van der Waals surface area contributed by atoms with Gasteiger partial charge in [0.15, 0.2) is 0 Å². The molecule has 0 bridgehead atoms. The molecule has 1 aromatic carbocycles. The first-order chi connectivity index (χ1) is 8.95. The second kappa shape index (κ2) is 5.22. The van der Waals surface area contributed by atoms with Crippen LogP contribution in [-0.4, -0.2) is 4.57 Å². The smallest absolute Gasteiger partial charge is 0.101 e. The third-order valence-corrected chi connectivity index (χ3v) is 3.90. The Kier molecular flexibility index (Phi) is 3.82. The van der Waals surface area contributed by atoms with Gasteiger partial charge in [-0.15, -0.1) is 0 Å². The molecule has 2 rings (SSSR count). The molecule has 0 amide bonds. The van der Waals surface area contributed by atoms with Crippen LogP contribution in [0.15, 0.2) is 28.7 Å². The van der Waals surface area contributed by atoms with Crippen LogP contribution < -0.4 is 0 Å². The summed E-state index contributed by atoms with van der Waals surface area (Å²) in [6, 6.07) is 10.5. The fourth-order valence-electron chi connectivity index (χ4n) is 2.44. The van der Waals surface area contributed by atoms with Gasteiger partial charge < -0.3 is 4.57 Å². The Labute approximate surface area is 122 Å². The van der Waals surface area contributed by atoms with Crippen LogP contribution in [0, 0.1) is 25.2 Å². The van der Waals surface area contributed by atoms with Crippen LogP contribution in [-0.2, 0) is 0 Å². The van der Waals surface area contributed by atoms with Gasteiger partial charge in [0.25, 0.3) is 0 Å². The monoisotopic (exact) mass is 316 g/mol. The van der Waals surface area contributed by atoms with Crippen molar-refractivity contribution in [2.24, 2.45) is 0 Å². The highest BCUT2D eigenvalue weighted by molar-refractivity contribution is 9.10. The molecule has 0 aliphatic heterocycles. The fourth-order valence-corrected chi connectivity index (χ4v) is 2.82. The normalized spacial score (nSPS) is 10.8. The molecule has 1 heterocycles. The van der Waals surface area contributed by atoms with Crippen molar-refractivity contribution in [2.75, 3.05) is 0 Å². The first-order valence-electron chi connectivity index (χ1n) is 6.34. The molecule has 0 fully saturated rings. The Morgan fingerprint density at radius 1 is 1.21 bits per heavy atom. The second-order valence-electron chi connectivity index (χ2n) is 5.09. The third-order valence-electron chi connectivity index (χ3n) is 3.40. The van der Waals surface area contributed by atoms with E-state index in [-0.39, 0.29) is 0 Å². The zero-order chi connectivity index (χ0) is 14.2. The number of aryl methyl sites for hydroxylation is 1. The maximum absolute atomic E-state index is 9.15. The molecular formula is C16H17BrN2. The van der Waals surface area contributed by atoms with Crippen LogP contribution >= 0.6 is 15.9 Å². The summed E-state index contributed by atoms with van der Waals surface area (Å²) in [6.07, 6.45) is 0. The molecule has 0 unspecified atom stereocenters. The van der Waals surface area contributed by atoms with Gasteiger partial charge in [-0.1, -0.05) is 29.8 Å². The summed E-state index contributed by atoms with van der Waals surface area (Å²) < 4.78 is 3.25. The molecule has 0 N–H and O–H groups in total. The van der Waals surface area contributed by atoms with Gasteiger partial charge >= 0.3 is 0 Å². The van der Waals surface area contributed by atoms with Crippen molar-refractivity contribution in [3.05, 3.63) is 51.3 Å². The van der Waals surface area contributed by atoms with E-state index in [4.69, 9.17) is 5.26 Å². The predicted molar refractivity (Wildman–Crippen MR) is 81.7 cm³/mol. The molecular weight excluding hydrogens is 300 g/mol.